The zero-order valence-electron chi connectivity index (χ0n) is 12.3. The smallest absolute Gasteiger partial charge is 0.0802 e. The zero-order chi connectivity index (χ0) is 14.4. The summed E-state index contributed by atoms with van der Waals surface area (Å²) < 4.78 is 1.05. The monoisotopic (exact) mass is 340 g/mol. The predicted octanol–water partition coefficient (Wildman–Crippen LogP) is 2.90. The van der Waals surface area contributed by atoms with E-state index in [1.54, 1.807) is 0 Å². The first-order chi connectivity index (χ1) is 9.65. The summed E-state index contributed by atoms with van der Waals surface area (Å²) in [6.45, 7) is 5.70. The van der Waals surface area contributed by atoms with Crippen molar-refractivity contribution in [2.45, 2.75) is 25.4 Å². The highest BCUT2D eigenvalue weighted by Crippen LogP contribution is 2.19. The van der Waals surface area contributed by atoms with Crippen LogP contribution in [-0.4, -0.2) is 54.7 Å². The maximum Gasteiger partial charge on any atom is 0.0802 e. The Kier molecular flexibility index (Phi) is 6.49. The Morgan fingerprint density at radius 1 is 1.20 bits per heavy atom. The minimum Gasteiger partial charge on any atom is -0.388 e. The normalized spacial score (nSPS) is 17.8. The van der Waals surface area contributed by atoms with Crippen molar-refractivity contribution in [3.05, 3.63) is 34.3 Å². The minimum atomic E-state index is -0.364. The fourth-order valence-electron chi connectivity index (χ4n) is 2.62. The zero-order valence-corrected chi connectivity index (χ0v) is 13.8. The molecule has 1 aliphatic heterocycles. The quantitative estimate of drug-likeness (QED) is 0.826. The first-order valence-corrected chi connectivity index (χ1v) is 8.29. The summed E-state index contributed by atoms with van der Waals surface area (Å²) >= 11 is 3.41. The first kappa shape index (κ1) is 16.0. The van der Waals surface area contributed by atoms with Crippen LogP contribution < -0.4 is 0 Å². The number of likely N-dealkylation sites (tertiary alicyclic amines) is 1. The van der Waals surface area contributed by atoms with Crippen molar-refractivity contribution in [1.82, 2.24) is 9.80 Å². The molecule has 1 atom stereocenters. The van der Waals surface area contributed by atoms with Crippen LogP contribution in [0.5, 0.6) is 0 Å². The number of benzene rings is 1. The van der Waals surface area contributed by atoms with E-state index in [1.807, 2.05) is 24.3 Å². The number of nitrogens with zero attached hydrogens (tertiary/aromatic N) is 2. The molecular formula is C16H25BrN2O. The summed E-state index contributed by atoms with van der Waals surface area (Å²) in [6.07, 6.45) is 3.13. The van der Waals surface area contributed by atoms with Crippen molar-refractivity contribution in [2.24, 2.45) is 0 Å². The highest BCUT2D eigenvalue weighted by Gasteiger charge is 2.13. The van der Waals surface area contributed by atoms with Gasteiger partial charge in [-0.1, -0.05) is 28.1 Å². The number of hydrogen-bond donors (Lipinski definition) is 1. The molecule has 1 aromatic carbocycles. The lowest BCUT2D eigenvalue weighted by Gasteiger charge is -2.22. The van der Waals surface area contributed by atoms with Crippen LogP contribution in [0.15, 0.2) is 28.7 Å². The molecule has 0 amide bonds. The van der Waals surface area contributed by atoms with Gasteiger partial charge in [0.1, 0.15) is 0 Å². The third kappa shape index (κ3) is 5.17. The summed E-state index contributed by atoms with van der Waals surface area (Å²) in [7, 11) is 2.14. The number of aliphatic hydroxyl groups excluding tert-OH is 1. The van der Waals surface area contributed by atoms with Crippen molar-refractivity contribution >= 4 is 15.9 Å². The number of likely N-dealkylation sites (N-methyl/N-ethyl adjacent to an activating group) is 1. The maximum atomic E-state index is 10.2. The molecule has 4 heteroatoms. The molecule has 1 heterocycles. The Morgan fingerprint density at radius 2 is 1.85 bits per heavy atom. The van der Waals surface area contributed by atoms with Crippen molar-refractivity contribution in [3.63, 3.8) is 0 Å². The second-order valence-corrected chi connectivity index (χ2v) is 6.62. The molecule has 0 aromatic heterocycles. The van der Waals surface area contributed by atoms with Crippen molar-refractivity contribution in [2.75, 3.05) is 39.8 Å². The molecule has 1 fully saturated rings. The molecule has 1 aliphatic rings. The van der Waals surface area contributed by atoms with E-state index in [4.69, 9.17) is 0 Å². The standard InChI is InChI=1S/C16H25BrN2O/c1-18(12-13-19-9-2-3-10-19)11-8-16(20)14-4-6-15(17)7-5-14/h4-7,16,20H,2-3,8-13H2,1H3. The van der Waals surface area contributed by atoms with Crippen LogP contribution in [0.2, 0.25) is 0 Å². The molecule has 0 radical (unpaired) electrons. The summed E-state index contributed by atoms with van der Waals surface area (Å²) in [5.74, 6) is 0. The predicted molar refractivity (Wildman–Crippen MR) is 86.9 cm³/mol. The molecule has 2 rings (SSSR count). The fourth-order valence-corrected chi connectivity index (χ4v) is 2.89. The topological polar surface area (TPSA) is 26.7 Å². The lowest BCUT2D eigenvalue weighted by molar-refractivity contribution is 0.145. The summed E-state index contributed by atoms with van der Waals surface area (Å²) in [6, 6.07) is 7.93. The lowest BCUT2D eigenvalue weighted by Crippen LogP contribution is -2.32. The van der Waals surface area contributed by atoms with Crippen LogP contribution in [0.3, 0.4) is 0 Å². The third-order valence-corrected chi connectivity index (χ3v) is 4.56. The fraction of sp³-hybridized carbons (Fsp3) is 0.625. The van der Waals surface area contributed by atoms with Crippen molar-refractivity contribution in [3.8, 4) is 0 Å². The van der Waals surface area contributed by atoms with Crippen LogP contribution >= 0.6 is 15.9 Å². The second-order valence-electron chi connectivity index (χ2n) is 5.71. The molecule has 0 bridgehead atoms. The molecular weight excluding hydrogens is 316 g/mol. The van der Waals surface area contributed by atoms with Crippen molar-refractivity contribution in [1.29, 1.82) is 0 Å². The van der Waals surface area contributed by atoms with Gasteiger partial charge >= 0.3 is 0 Å². The molecule has 20 heavy (non-hydrogen) atoms. The number of aliphatic hydroxyl groups is 1. The van der Waals surface area contributed by atoms with E-state index < -0.39 is 0 Å². The Hall–Kier alpha value is -0.420. The average Bonchev–Trinajstić information content (AvgIpc) is 2.96. The van der Waals surface area contributed by atoms with Gasteiger partial charge in [-0.05, 0) is 57.1 Å². The number of halogens is 1. The van der Waals surface area contributed by atoms with Crippen LogP contribution in [0, 0.1) is 0 Å². The van der Waals surface area contributed by atoms with Crippen LogP contribution in [-0.2, 0) is 0 Å². The van der Waals surface area contributed by atoms with Crippen LogP contribution in [0.25, 0.3) is 0 Å². The number of rotatable bonds is 7. The van der Waals surface area contributed by atoms with E-state index >= 15 is 0 Å². The summed E-state index contributed by atoms with van der Waals surface area (Å²) in [5.41, 5.74) is 1.00. The highest BCUT2D eigenvalue weighted by molar-refractivity contribution is 9.10. The lowest BCUT2D eigenvalue weighted by atomic mass is 10.1. The Balaban J connectivity index is 1.66. The van der Waals surface area contributed by atoms with Crippen LogP contribution in [0.1, 0.15) is 30.9 Å². The SMILES string of the molecule is CN(CCC(O)c1ccc(Br)cc1)CCN1CCCC1. The van der Waals surface area contributed by atoms with Gasteiger partial charge in [-0.3, -0.25) is 0 Å². The molecule has 1 aromatic rings. The van der Waals surface area contributed by atoms with Gasteiger partial charge in [0.05, 0.1) is 6.10 Å². The van der Waals surface area contributed by atoms with Gasteiger partial charge in [-0.15, -0.1) is 0 Å². The van der Waals surface area contributed by atoms with E-state index in [-0.39, 0.29) is 6.10 Å². The van der Waals surface area contributed by atoms with Gasteiger partial charge in [-0.25, -0.2) is 0 Å². The Morgan fingerprint density at radius 3 is 2.50 bits per heavy atom. The minimum absolute atomic E-state index is 0.364. The van der Waals surface area contributed by atoms with Gasteiger partial charge in [0.15, 0.2) is 0 Å². The summed E-state index contributed by atoms with van der Waals surface area (Å²) in [4.78, 5) is 4.85. The van der Waals surface area contributed by atoms with Gasteiger partial charge < -0.3 is 14.9 Å². The number of hydrogen-bond acceptors (Lipinski definition) is 3. The molecule has 0 saturated carbocycles. The van der Waals surface area contributed by atoms with Crippen molar-refractivity contribution < 1.29 is 5.11 Å². The van der Waals surface area contributed by atoms with Gasteiger partial charge in [0.2, 0.25) is 0 Å². The van der Waals surface area contributed by atoms with Gasteiger partial charge in [0.25, 0.3) is 0 Å². The Labute approximate surface area is 130 Å². The van der Waals surface area contributed by atoms with Crippen LogP contribution in [0.4, 0.5) is 0 Å². The molecule has 0 aliphatic carbocycles. The average molecular weight is 341 g/mol. The van der Waals surface area contributed by atoms with E-state index in [9.17, 15) is 5.11 Å². The Bertz CT molecular complexity index is 390. The van der Waals surface area contributed by atoms with E-state index in [0.717, 1.165) is 36.1 Å². The highest BCUT2D eigenvalue weighted by atomic mass is 79.9. The van der Waals surface area contributed by atoms with E-state index in [0.29, 0.717) is 0 Å². The summed E-state index contributed by atoms with van der Waals surface area (Å²) in [5, 5.41) is 10.2. The largest absolute Gasteiger partial charge is 0.388 e. The van der Waals surface area contributed by atoms with E-state index in [1.165, 1.54) is 25.9 Å². The molecule has 1 saturated heterocycles. The third-order valence-electron chi connectivity index (χ3n) is 4.04. The second kappa shape index (κ2) is 8.13. The molecule has 0 spiro atoms. The molecule has 3 nitrogen and oxygen atoms in total. The molecule has 112 valence electrons. The van der Waals surface area contributed by atoms with Gasteiger partial charge in [0, 0.05) is 24.1 Å². The molecule has 1 unspecified atom stereocenters. The maximum absolute atomic E-state index is 10.2. The first-order valence-electron chi connectivity index (χ1n) is 7.49. The molecule has 1 N–H and O–H groups in total. The van der Waals surface area contributed by atoms with Gasteiger partial charge in [-0.2, -0.15) is 0 Å². The van der Waals surface area contributed by atoms with E-state index in [2.05, 4.69) is 32.8 Å².